The van der Waals surface area contributed by atoms with Crippen LogP contribution < -0.4 is 4.74 Å². The molecule has 1 aromatic rings. The molecule has 3 heteroatoms. The molecule has 0 amide bonds. The highest BCUT2D eigenvalue weighted by molar-refractivity contribution is 9.09. The number of alkyl halides is 1. The Hall–Kier alpha value is -0.960. The van der Waals surface area contributed by atoms with Crippen LogP contribution in [-0.4, -0.2) is 19.0 Å². The fourth-order valence-electron chi connectivity index (χ4n) is 2.58. The van der Waals surface area contributed by atoms with Crippen LogP contribution >= 0.6 is 15.9 Å². The average molecular weight is 339 g/mol. The van der Waals surface area contributed by atoms with Gasteiger partial charge in [0.05, 0.1) is 19.5 Å². The van der Waals surface area contributed by atoms with Crippen molar-refractivity contribution in [1.82, 2.24) is 0 Å². The number of halogens is 1. The molecule has 0 aliphatic heterocycles. The van der Waals surface area contributed by atoms with Crippen LogP contribution in [0.3, 0.4) is 0 Å². The van der Waals surface area contributed by atoms with Crippen LogP contribution in [0.15, 0.2) is 24.0 Å². The van der Waals surface area contributed by atoms with Crippen LogP contribution in [0.5, 0.6) is 5.75 Å². The van der Waals surface area contributed by atoms with E-state index in [1.54, 1.807) is 7.11 Å². The summed E-state index contributed by atoms with van der Waals surface area (Å²) < 4.78 is 11.3. The number of hydrogen-bond acceptors (Lipinski definition) is 2. The van der Waals surface area contributed by atoms with E-state index in [1.807, 2.05) is 6.07 Å². The molecule has 0 saturated heterocycles. The zero-order chi connectivity index (χ0) is 14.4. The van der Waals surface area contributed by atoms with Crippen molar-refractivity contribution in [2.24, 2.45) is 0 Å². The molecule has 0 N–H and O–H groups in total. The Morgan fingerprint density at radius 3 is 2.75 bits per heavy atom. The summed E-state index contributed by atoms with van der Waals surface area (Å²) in [4.78, 5) is 0. The molecule has 0 atom stereocenters. The second kappa shape index (κ2) is 7.72. The predicted molar refractivity (Wildman–Crippen MR) is 87.5 cm³/mol. The standard InChI is InChI=1S/C17H23BrO2/c1-13-16-12-15(19-2)8-6-14(16)7-9-17(13)20-11-5-3-4-10-18/h6,8,12H,3-5,7,9-11H2,1-2H3. The smallest absolute Gasteiger partial charge is 0.119 e. The molecule has 2 nitrogen and oxygen atoms in total. The minimum absolute atomic E-state index is 0.832. The monoisotopic (exact) mass is 338 g/mol. The van der Waals surface area contributed by atoms with E-state index in [2.05, 4.69) is 35.0 Å². The summed E-state index contributed by atoms with van der Waals surface area (Å²) >= 11 is 3.46. The van der Waals surface area contributed by atoms with Gasteiger partial charge in [0.1, 0.15) is 5.75 Å². The van der Waals surface area contributed by atoms with Crippen molar-refractivity contribution in [2.45, 2.75) is 39.0 Å². The SMILES string of the molecule is COc1ccc2c(c1)C(C)=C(OCCCCCBr)CC2. The van der Waals surface area contributed by atoms with Crippen molar-refractivity contribution < 1.29 is 9.47 Å². The fraction of sp³-hybridized carbons (Fsp3) is 0.529. The fourth-order valence-corrected chi connectivity index (χ4v) is 2.98. The molecule has 1 aliphatic rings. The summed E-state index contributed by atoms with van der Waals surface area (Å²) in [6, 6.07) is 6.33. The largest absolute Gasteiger partial charge is 0.498 e. The van der Waals surface area contributed by atoms with E-state index < -0.39 is 0 Å². The molecule has 0 unspecified atom stereocenters. The topological polar surface area (TPSA) is 18.5 Å². The van der Waals surface area contributed by atoms with Crippen LogP contribution in [0, 0.1) is 0 Å². The van der Waals surface area contributed by atoms with E-state index in [0.29, 0.717) is 0 Å². The Labute approximate surface area is 130 Å². The van der Waals surface area contributed by atoms with Crippen LogP contribution in [0.4, 0.5) is 0 Å². The molecule has 0 fully saturated rings. The van der Waals surface area contributed by atoms with E-state index in [1.165, 1.54) is 29.5 Å². The summed E-state index contributed by atoms with van der Waals surface area (Å²) in [5, 5.41) is 1.09. The first-order chi connectivity index (χ1) is 9.76. The normalized spacial score (nSPS) is 14.2. The Kier molecular flexibility index (Phi) is 5.96. The van der Waals surface area contributed by atoms with Gasteiger partial charge in [-0.3, -0.25) is 0 Å². The van der Waals surface area contributed by atoms with E-state index in [-0.39, 0.29) is 0 Å². The number of hydrogen-bond donors (Lipinski definition) is 0. The molecule has 0 aromatic heterocycles. The van der Waals surface area contributed by atoms with Crippen molar-refractivity contribution >= 4 is 21.5 Å². The van der Waals surface area contributed by atoms with Gasteiger partial charge in [-0.2, -0.15) is 0 Å². The number of rotatable bonds is 7. The van der Waals surface area contributed by atoms with Crippen LogP contribution in [0.1, 0.15) is 43.7 Å². The molecule has 1 aliphatic carbocycles. The van der Waals surface area contributed by atoms with Crippen molar-refractivity contribution in [3.8, 4) is 5.75 Å². The van der Waals surface area contributed by atoms with Crippen molar-refractivity contribution in [3.05, 3.63) is 35.1 Å². The summed E-state index contributed by atoms with van der Waals surface area (Å²) in [6.07, 6.45) is 5.66. The maximum absolute atomic E-state index is 6.00. The van der Waals surface area contributed by atoms with Gasteiger partial charge in [-0.1, -0.05) is 22.0 Å². The molecule has 0 bridgehead atoms. The number of fused-ring (bicyclic) bond motifs is 1. The molecule has 1 aromatic carbocycles. The van der Waals surface area contributed by atoms with E-state index >= 15 is 0 Å². The van der Waals surface area contributed by atoms with E-state index in [0.717, 1.165) is 42.7 Å². The summed E-state index contributed by atoms with van der Waals surface area (Å²) in [5.41, 5.74) is 3.95. The van der Waals surface area contributed by atoms with Gasteiger partial charge in [0.2, 0.25) is 0 Å². The lowest BCUT2D eigenvalue weighted by Crippen LogP contribution is -2.07. The number of ether oxygens (including phenoxy) is 2. The van der Waals surface area contributed by atoms with Gasteiger partial charge < -0.3 is 9.47 Å². The van der Waals surface area contributed by atoms with Gasteiger partial charge in [-0.25, -0.2) is 0 Å². The Morgan fingerprint density at radius 1 is 1.15 bits per heavy atom. The Balaban J connectivity index is 2.02. The van der Waals surface area contributed by atoms with Gasteiger partial charge in [0.15, 0.2) is 0 Å². The molecule has 0 heterocycles. The quantitative estimate of drug-likeness (QED) is 0.517. The van der Waals surface area contributed by atoms with Crippen molar-refractivity contribution in [2.75, 3.05) is 19.0 Å². The Morgan fingerprint density at radius 2 is 2.00 bits per heavy atom. The third-order valence-electron chi connectivity index (χ3n) is 3.81. The Bertz CT molecular complexity index is 480. The van der Waals surface area contributed by atoms with Gasteiger partial charge in [0, 0.05) is 11.8 Å². The van der Waals surface area contributed by atoms with E-state index in [9.17, 15) is 0 Å². The highest BCUT2D eigenvalue weighted by atomic mass is 79.9. The summed E-state index contributed by atoms with van der Waals surface area (Å²) in [6.45, 7) is 2.99. The molecule has 0 spiro atoms. The summed E-state index contributed by atoms with van der Waals surface area (Å²) in [5.74, 6) is 2.08. The highest BCUT2D eigenvalue weighted by Crippen LogP contribution is 2.33. The molecular weight excluding hydrogens is 316 g/mol. The number of methoxy groups -OCH3 is 1. The first-order valence-corrected chi connectivity index (χ1v) is 8.44. The van der Waals surface area contributed by atoms with Crippen LogP contribution in [0.25, 0.3) is 5.57 Å². The van der Waals surface area contributed by atoms with E-state index in [4.69, 9.17) is 9.47 Å². The van der Waals surface area contributed by atoms with Crippen LogP contribution in [0.2, 0.25) is 0 Å². The first-order valence-electron chi connectivity index (χ1n) is 7.32. The average Bonchev–Trinajstić information content (AvgIpc) is 2.49. The zero-order valence-corrected chi connectivity index (χ0v) is 14.0. The molecule has 2 rings (SSSR count). The second-order valence-electron chi connectivity index (χ2n) is 5.17. The molecule has 110 valence electrons. The number of unbranched alkanes of at least 4 members (excludes halogenated alkanes) is 2. The third-order valence-corrected chi connectivity index (χ3v) is 4.38. The number of benzene rings is 1. The first kappa shape index (κ1) is 15.4. The van der Waals surface area contributed by atoms with Gasteiger partial charge in [-0.15, -0.1) is 0 Å². The minimum atomic E-state index is 0.832. The molecular formula is C17H23BrO2. The maximum Gasteiger partial charge on any atom is 0.119 e. The summed E-state index contributed by atoms with van der Waals surface area (Å²) in [7, 11) is 1.71. The van der Waals surface area contributed by atoms with Gasteiger partial charge in [0.25, 0.3) is 0 Å². The third kappa shape index (κ3) is 3.78. The zero-order valence-electron chi connectivity index (χ0n) is 12.4. The van der Waals surface area contributed by atoms with Gasteiger partial charge >= 0.3 is 0 Å². The highest BCUT2D eigenvalue weighted by Gasteiger charge is 2.17. The lowest BCUT2D eigenvalue weighted by molar-refractivity contribution is 0.197. The maximum atomic E-state index is 6.00. The lowest BCUT2D eigenvalue weighted by Gasteiger charge is -2.22. The second-order valence-corrected chi connectivity index (χ2v) is 5.96. The van der Waals surface area contributed by atoms with Gasteiger partial charge in [-0.05, 0) is 61.4 Å². The molecule has 0 radical (unpaired) electrons. The number of allylic oxidation sites excluding steroid dienone is 2. The van der Waals surface area contributed by atoms with Crippen LogP contribution in [-0.2, 0) is 11.2 Å². The molecule has 0 saturated carbocycles. The van der Waals surface area contributed by atoms with Crippen molar-refractivity contribution in [1.29, 1.82) is 0 Å². The van der Waals surface area contributed by atoms with Crippen molar-refractivity contribution in [3.63, 3.8) is 0 Å². The lowest BCUT2D eigenvalue weighted by atomic mass is 9.90. The number of aryl methyl sites for hydroxylation is 1. The minimum Gasteiger partial charge on any atom is -0.498 e. The predicted octanol–water partition coefficient (Wildman–Crippen LogP) is 4.95. The molecule has 20 heavy (non-hydrogen) atoms.